The lowest BCUT2D eigenvalue weighted by molar-refractivity contribution is -0.132. The average Bonchev–Trinajstić information content (AvgIpc) is 2.20. The molecule has 82 valence electrons. The Balaban J connectivity index is 2.24. The van der Waals surface area contributed by atoms with Gasteiger partial charge in [-0.15, -0.1) is 0 Å². The van der Waals surface area contributed by atoms with E-state index in [1.54, 1.807) is 0 Å². The topological polar surface area (TPSA) is 23.6 Å². The fraction of sp³-hybridized carbons (Fsp3) is 0.900. The largest absolute Gasteiger partial charge is 0.340 e. The molecule has 0 atom stereocenters. The summed E-state index contributed by atoms with van der Waals surface area (Å²) in [7, 11) is 0. The van der Waals surface area contributed by atoms with E-state index in [0.717, 1.165) is 44.9 Å². The molecule has 0 radical (unpaired) electrons. The second kappa shape index (κ2) is 6.30. The minimum atomic E-state index is 0.318. The highest BCUT2D eigenvalue weighted by atomic mass is 32.1. The third-order valence-corrected chi connectivity index (χ3v) is 2.81. The first kappa shape index (κ1) is 11.9. The SMILES string of the molecule is CCCC(=O)N1CCN(CCS)CC1. The molecule has 0 bridgehead atoms. The van der Waals surface area contributed by atoms with Gasteiger partial charge in [0, 0.05) is 44.9 Å². The van der Waals surface area contributed by atoms with E-state index >= 15 is 0 Å². The van der Waals surface area contributed by atoms with Crippen LogP contribution in [0.1, 0.15) is 19.8 Å². The third kappa shape index (κ3) is 3.50. The monoisotopic (exact) mass is 216 g/mol. The highest BCUT2D eigenvalue weighted by Crippen LogP contribution is 2.04. The Labute approximate surface area is 91.9 Å². The van der Waals surface area contributed by atoms with Crippen LogP contribution in [0.4, 0.5) is 0 Å². The summed E-state index contributed by atoms with van der Waals surface area (Å²) in [6, 6.07) is 0. The maximum atomic E-state index is 11.6. The van der Waals surface area contributed by atoms with Gasteiger partial charge in [-0.3, -0.25) is 9.69 Å². The second-order valence-corrected chi connectivity index (χ2v) is 4.14. The molecular weight excluding hydrogens is 196 g/mol. The minimum absolute atomic E-state index is 0.318. The molecular formula is C10H20N2OS. The Morgan fingerprint density at radius 2 is 1.93 bits per heavy atom. The van der Waals surface area contributed by atoms with Crippen LogP contribution in [0.25, 0.3) is 0 Å². The number of nitrogens with zero attached hydrogens (tertiary/aromatic N) is 2. The summed E-state index contributed by atoms with van der Waals surface area (Å²) in [6.45, 7) is 6.90. The molecule has 0 spiro atoms. The first-order chi connectivity index (χ1) is 6.77. The lowest BCUT2D eigenvalue weighted by Gasteiger charge is -2.34. The second-order valence-electron chi connectivity index (χ2n) is 3.70. The smallest absolute Gasteiger partial charge is 0.222 e. The lowest BCUT2D eigenvalue weighted by Crippen LogP contribution is -2.49. The molecule has 0 unspecified atom stereocenters. The van der Waals surface area contributed by atoms with Gasteiger partial charge in [0.25, 0.3) is 0 Å². The van der Waals surface area contributed by atoms with Crippen molar-refractivity contribution in [2.45, 2.75) is 19.8 Å². The Kier molecular flexibility index (Phi) is 5.33. The number of rotatable bonds is 4. The molecule has 1 aliphatic heterocycles. The van der Waals surface area contributed by atoms with Crippen LogP contribution in [0, 0.1) is 0 Å². The summed E-state index contributed by atoms with van der Waals surface area (Å²) in [5.41, 5.74) is 0. The van der Waals surface area contributed by atoms with E-state index in [1.807, 2.05) is 4.90 Å². The third-order valence-electron chi connectivity index (χ3n) is 2.61. The van der Waals surface area contributed by atoms with Crippen molar-refractivity contribution in [3.63, 3.8) is 0 Å². The molecule has 0 aliphatic carbocycles. The van der Waals surface area contributed by atoms with Gasteiger partial charge in [-0.2, -0.15) is 12.6 Å². The van der Waals surface area contributed by atoms with Gasteiger partial charge in [-0.05, 0) is 6.42 Å². The van der Waals surface area contributed by atoms with Gasteiger partial charge in [-0.25, -0.2) is 0 Å². The quantitative estimate of drug-likeness (QED) is 0.705. The molecule has 0 saturated carbocycles. The first-order valence-corrected chi connectivity index (χ1v) is 6.02. The summed E-state index contributed by atoms with van der Waals surface area (Å²) in [6.07, 6.45) is 1.66. The number of hydrogen-bond donors (Lipinski definition) is 1. The van der Waals surface area contributed by atoms with Gasteiger partial charge < -0.3 is 4.90 Å². The van der Waals surface area contributed by atoms with Crippen molar-refractivity contribution in [3.8, 4) is 0 Å². The van der Waals surface area contributed by atoms with E-state index in [4.69, 9.17) is 0 Å². The van der Waals surface area contributed by atoms with E-state index in [1.165, 1.54) is 0 Å². The summed E-state index contributed by atoms with van der Waals surface area (Å²) >= 11 is 4.21. The fourth-order valence-corrected chi connectivity index (χ4v) is 2.02. The number of amides is 1. The van der Waals surface area contributed by atoms with E-state index < -0.39 is 0 Å². The molecule has 1 heterocycles. The Hall–Kier alpha value is -0.220. The van der Waals surface area contributed by atoms with Crippen LogP contribution in [0.2, 0.25) is 0 Å². The number of thiol groups is 1. The Morgan fingerprint density at radius 3 is 2.43 bits per heavy atom. The molecule has 1 aliphatic rings. The zero-order valence-corrected chi connectivity index (χ0v) is 9.80. The van der Waals surface area contributed by atoms with Crippen LogP contribution in [0.3, 0.4) is 0 Å². The van der Waals surface area contributed by atoms with Crippen molar-refractivity contribution in [1.29, 1.82) is 0 Å². The van der Waals surface area contributed by atoms with Crippen molar-refractivity contribution in [2.75, 3.05) is 38.5 Å². The molecule has 1 amide bonds. The first-order valence-electron chi connectivity index (χ1n) is 5.39. The standard InChI is InChI=1S/C10H20N2OS/c1-2-3-10(13)12-6-4-11(5-7-12)8-9-14/h14H,2-9H2,1H3. The van der Waals surface area contributed by atoms with Crippen LogP contribution in [0.5, 0.6) is 0 Å². The van der Waals surface area contributed by atoms with Gasteiger partial charge in [-0.1, -0.05) is 6.92 Å². The molecule has 1 fully saturated rings. The van der Waals surface area contributed by atoms with Crippen LogP contribution in [-0.2, 0) is 4.79 Å². The Morgan fingerprint density at radius 1 is 1.29 bits per heavy atom. The number of hydrogen-bond acceptors (Lipinski definition) is 3. The fourth-order valence-electron chi connectivity index (χ4n) is 1.73. The molecule has 4 heteroatoms. The molecule has 0 N–H and O–H groups in total. The minimum Gasteiger partial charge on any atom is -0.340 e. The number of carbonyl (C=O) groups excluding carboxylic acids is 1. The van der Waals surface area contributed by atoms with Crippen molar-refractivity contribution in [2.24, 2.45) is 0 Å². The summed E-state index contributed by atoms with van der Waals surface area (Å²) < 4.78 is 0. The van der Waals surface area contributed by atoms with E-state index in [0.29, 0.717) is 12.3 Å². The van der Waals surface area contributed by atoms with Gasteiger partial charge in [0.15, 0.2) is 0 Å². The number of piperazine rings is 1. The maximum absolute atomic E-state index is 11.6. The van der Waals surface area contributed by atoms with Crippen molar-refractivity contribution >= 4 is 18.5 Å². The zero-order chi connectivity index (χ0) is 10.4. The Bertz CT molecular complexity index is 179. The average molecular weight is 216 g/mol. The molecule has 14 heavy (non-hydrogen) atoms. The molecule has 0 aromatic heterocycles. The van der Waals surface area contributed by atoms with Gasteiger partial charge >= 0.3 is 0 Å². The van der Waals surface area contributed by atoms with Gasteiger partial charge in [0.05, 0.1) is 0 Å². The van der Waals surface area contributed by atoms with Crippen LogP contribution >= 0.6 is 12.6 Å². The predicted octanol–water partition coefficient (Wildman–Crippen LogP) is 0.861. The van der Waals surface area contributed by atoms with Crippen molar-refractivity contribution in [1.82, 2.24) is 9.80 Å². The van der Waals surface area contributed by atoms with E-state index in [2.05, 4.69) is 24.5 Å². The molecule has 1 saturated heterocycles. The van der Waals surface area contributed by atoms with Crippen molar-refractivity contribution < 1.29 is 4.79 Å². The summed E-state index contributed by atoms with van der Waals surface area (Å²) in [5.74, 6) is 1.22. The van der Waals surface area contributed by atoms with Crippen LogP contribution in [-0.4, -0.2) is 54.2 Å². The van der Waals surface area contributed by atoms with Gasteiger partial charge in [0.1, 0.15) is 0 Å². The van der Waals surface area contributed by atoms with Gasteiger partial charge in [0.2, 0.25) is 5.91 Å². The lowest BCUT2D eigenvalue weighted by atomic mass is 10.2. The number of carbonyl (C=O) groups is 1. The molecule has 1 rings (SSSR count). The predicted molar refractivity (Wildman–Crippen MR) is 61.8 cm³/mol. The normalized spacial score (nSPS) is 18.6. The zero-order valence-electron chi connectivity index (χ0n) is 8.91. The van der Waals surface area contributed by atoms with Crippen molar-refractivity contribution in [3.05, 3.63) is 0 Å². The van der Waals surface area contributed by atoms with Crippen LogP contribution < -0.4 is 0 Å². The molecule has 0 aromatic carbocycles. The van der Waals surface area contributed by atoms with E-state index in [9.17, 15) is 4.79 Å². The maximum Gasteiger partial charge on any atom is 0.222 e. The van der Waals surface area contributed by atoms with E-state index in [-0.39, 0.29) is 0 Å². The summed E-state index contributed by atoms with van der Waals surface area (Å²) in [4.78, 5) is 15.9. The van der Waals surface area contributed by atoms with Crippen LogP contribution in [0.15, 0.2) is 0 Å². The summed E-state index contributed by atoms with van der Waals surface area (Å²) in [5, 5.41) is 0. The highest BCUT2D eigenvalue weighted by molar-refractivity contribution is 7.80. The highest BCUT2D eigenvalue weighted by Gasteiger charge is 2.19. The molecule has 3 nitrogen and oxygen atoms in total. The molecule has 0 aromatic rings.